The molecule has 15 heavy (non-hydrogen) atoms. The Bertz CT molecular complexity index is 230. The van der Waals surface area contributed by atoms with Crippen LogP contribution in [-0.2, 0) is 0 Å². The third kappa shape index (κ3) is 4.11. The fraction of sp³-hybridized carbons (Fsp3) is 0.714. The maximum absolute atomic E-state index is 3.95. The number of rotatable bonds is 5. The topological polar surface area (TPSA) is 3.24 Å². The van der Waals surface area contributed by atoms with Gasteiger partial charge in [-0.1, -0.05) is 47.3 Å². The average Bonchev–Trinajstić information content (AvgIpc) is 2.11. The second kappa shape index (κ2) is 5.99. The van der Waals surface area contributed by atoms with E-state index in [1.54, 1.807) is 0 Å². The maximum Gasteiger partial charge on any atom is 0.0169 e. The van der Waals surface area contributed by atoms with Gasteiger partial charge >= 0.3 is 0 Å². The van der Waals surface area contributed by atoms with Crippen LogP contribution in [0.2, 0.25) is 0 Å². The summed E-state index contributed by atoms with van der Waals surface area (Å²) in [6.07, 6.45) is 4.29. The summed E-state index contributed by atoms with van der Waals surface area (Å²) in [5.74, 6) is 0. The van der Waals surface area contributed by atoms with Crippen LogP contribution in [0, 0.1) is 5.41 Å². The first-order valence-electron chi connectivity index (χ1n) is 5.95. The Labute approximate surface area is 95.9 Å². The highest BCUT2D eigenvalue weighted by molar-refractivity contribution is 5.28. The van der Waals surface area contributed by atoms with Crippen LogP contribution < -0.4 is 0 Å². The Morgan fingerprint density at radius 3 is 2.07 bits per heavy atom. The maximum atomic E-state index is 3.95. The van der Waals surface area contributed by atoms with Gasteiger partial charge in [0.1, 0.15) is 0 Å². The molecule has 0 heterocycles. The van der Waals surface area contributed by atoms with Crippen LogP contribution in [0.1, 0.15) is 47.5 Å². The molecule has 0 amide bonds. The smallest absolute Gasteiger partial charge is 0.0169 e. The number of hydrogen-bond acceptors (Lipinski definition) is 1. The summed E-state index contributed by atoms with van der Waals surface area (Å²) in [5, 5.41) is 0. The molecule has 0 spiro atoms. The van der Waals surface area contributed by atoms with E-state index in [0.717, 1.165) is 13.0 Å². The molecule has 0 unspecified atom stereocenters. The standard InChI is InChI=1S/C14H27N/c1-8-11-15(7)13(10-3)12(9-2)14(4,5)6/h9H,2,8,10-11H2,1,3-7H3/b13-12+. The molecule has 0 bridgehead atoms. The van der Waals surface area contributed by atoms with E-state index < -0.39 is 0 Å². The normalized spacial score (nSPS) is 13.5. The van der Waals surface area contributed by atoms with E-state index in [9.17, 15) is 0 Å². The fourth-order valence-corrected chi connectivity index (χ4v) is 1.99. The van der Waals surface area contributed by atoms with Gasteiger partial charge in [-0.15, -0.1) is 0 Å². The van der Waals surface area contributed by atoms with Crippen molar-refractivity contribution in [3.8, 4) is 0 Å². The summed E-state index contributed by atoms with van der Waals surface area (Å²) >= 11 is 0. The van der Waals surface area contributed by atoms with Crippen LogP contribution in [0.15, 0.2) is 23.9 Å². The number of hydrogen-bond donors (Lipinski definition) is 0. The predicted octanol–water partition coefficient (Wildman–Crippen LogP) is 4.22. The Balaban J connectivity index is 5.16. The van der Waals surface area contributed by atoms with Crippen LogP contribution in [0.4, 0.5) is 0 Å². The van der Waals surface area contributed by atoms with E-state index in [0.29, 0.717) is 0 Å². The first kappa shape index (κ1) is 14.3. The summed E-state index contributed by atoms with van der Waals surface area (Å²) in [7, 11) is 2.18. The van der Waals surface area contributed by atoms with Gasteiger partial charge in [-0.3, -0.25) is 0 Å². The zero-order valence-corrected chi connectivity index (χ0v) is 11.4. The molecule has 1 nitrogen and oxygen atoms in total. The van der Waals surface area contributed by atoms with Crippen molar-refractivity contribution in [3.63, 3.8) is 0 Å². The van der Waals surface area contributed by atoms with Crippen molar-refractivity contribution in [3.05, 3.63) is 23.9 Å². The first-order chi connectivity index (χ1) is 6.88. The van der Waals surface area contributed by atoms with Gasteiger partial charge in [0.15, 0.2) is 0 Å². The van der Waals surface area contributed by atoms with E-state index in [2.05, 4.69) is 53.1 Å². The Morgan fingerprint density at radius 2 is 1.80 bits per heavy atom. The molecule has 1 heteroatoms. The lowest BCUT2D eigenvalue weighted by atomic mass is 9.84. The molecule has 0 fully saturated rings. The fourth-order valence-electron chi connectivity index (χ4n) is 1.99. The molecule has 88 valence electrons. The molecular weight excluding hydrogens is 182 g/mol. The summed E-state index contributed by atoms with van der Waals surface area (Å²) < 4.78 is 0. The van der Waals surface area contributed by atoms with E-state index >= 15 is 0 Å². The van der Waals surface area contributed by atoms with Crippen molar-refractivity contribution < 1.29 is 0 Å². The molecule has 0 aliphatic carbocycles. The zero-order valence-electron chi connectivity index (χ0n) is 11.4. The zero-order chi connectivity index (χ0) is 12.1. The lowest BCUT2D eigenvalue weighted by molar-refractivity contribution is 0.381. The van der Waals surface area contributed by atoms with Crippen LogP contribution in [0.3, 0.4) is 0 Å². The van der Waals surface area contributed by atoms with E-state index in [1.165, 1.54) is 17.7 Å². The van der Waals surface area contributed by atoms with Crippen molar-refractivity contribution >= 4 is 0 Å². The van der Waals surface area contributed by atoms with Crippen LogP contribution >= 0.6 is 0 Å². The molecule has 0 saturated carbocycles. The molecule has 0 aromatic rings. The molecule has 0 rings (SSSR count). The summed E-state index contributed by atoms with van der Waals surface area (Å²) in [6.45, 7) is 16.3. The predicted molar refractivity (Wildman–Crippen MR) is 69.9 cm³/mol. The van der Waals surface area contributed by atoms with Crippen LogP contribution in [0.5, 0.6) is 0 Å². The Morgan fingerprint density at radius 1 is 1.27 bits per heavy atom. The second-order valence-corrected chi connectivity index (χ2v) is 5.09. The molecule has 0 radical (unpaired) electrons. The highest BCUT2D eigenvalue weighted by Gasteiger charge is 2.19. The van der Waals surface area contributed by atoms with Gasteiger partial charge in [0, 0.05) is 19.3 Å². The molecule has 0 saturated heterocycles. The SMILES string of the molecule is C=C/C(=C(/CC)N(C)CCC)C(C)(C)C. The average molecular weight is 209 g/mol. The minimum absolute atomic E-state index is 0.190. The minimum atomic E-state index is 0.190. The van der Waals surface area contributed by atoms with Gasteiger partial charge < -0.3 is 4.90 Å². The lowest BCUT2D eigenvalue weighted by Gasteiger charge is -2.30. The van der Waals surface area contributed by atoms with Crippen molar-refractivity contribution in [2.75, 3.05) is 13.6 Å². The monoisotopic (exact) mass is 209 g/mol. The van der Waals surface area contributed by atoms with Crippen molar-refractivity contribution in [2.24, 2.45) is 5.41 Å². The summed E-state index contributed by atoms with van der Waals surface area (Å²) in [4.78, 5) is 2.36. The van der Waals surface area contributed by atoms with Gasteiger partial charge in [0.2, 0.25) is 0 Å². The highest BCUT2D eigenvalue weighted by Crippen LogP contribution is 2.31. The molecule has 0 aromatic heterocycles. The van der Waals surface area contributed by atoms with Gasteiger partial charge in [-0.05, 0) is 23.8 Å². The van der Waals surface area contributed by atoms with Crippen LogP contribution in [-0.4, -0.2) is 18.5 Å². The Hall–Kier alpha value is -0.720. The van der Waals surface area contributed by atoms with Gasteiger partial charge in [0.25, 0.3) is 0 Å². The molecule has 0 aliphatic heterocycles. The van der Waals surface area contributed by atoms with E-state index in [-0.39, 0.29) is 5.41 Å². The number of allylic oxidation sites excluding steroid dienone is 3. The van der Waals surface area contributed by atoms with Gasteiger partial charge in [-0.2, -0.15) is 0 Å². The third-order valence-electron chi connectivity index (χ3n) is 2.68. The first-order valence-corrected chi connectivity index (χ1v) is 5.95. The molecule has 0 atom stereocenters. The van der Waals surface area contributed by atoms with E-state index in [1.807, 2.05) is 6.08 Å². The van der Waals surface area contributed by atoms with Gasteiger partial charge in [0.05, 0.1) is 0 Å². The summed E-state index contributed by atoms with van der Waals surface area (Å²) in [6, 6.07) is 0. The minimum Gasteiger partial charge on any atom is -0.378 e. The van der Waals surface area contributed by atoms with Crippen molar-refractivity contribution in [1.82, 2.24) is 4.90 Å². The second-order valence-electron chi connectivity index (χ2n) is 5.09. The molecule has 0 aliphatic rings. The van der Waals surface area contributed by atoms with E-state index in [4.69, 9.17) is 0 Å². The third-order valence-corrected chi connectivity index (χ3v) is 2.68. The quantitative estimate of drug-likeness (QED) is 0.613. The largest absolute Gasteiger partial charge is 0.378 e. The highest BCUT2D eigenvalue weighted by atomic mass is 15.1. The lowest BCUT2D eigenvalue weighted by Crippen LogP contribution is -2.23. The Kier molecular flexibility index (Phi) is 5.71. The van der Waals surface area contributed by atoms with Crippen molar-refractivity contribution in [2.45, 2.75) is 47.5 Å². The number of nitrogens with zero attached hydrogens (tertiary/aromatic N) is 1. The molecular formula is C14H27N. The molecule has 0 aromatic carbocycles. The summed E-state index contributed by atoms with van der Waals surface area (Å²) in [5.41, 5.74) is 3.00. The van der Waals surface area contributed by atoms with Gasteiger partial charge in [-0.25, -0.2) is 0 Å². The van der Waals surface area contributed by atoms with Crippen molar-refractivity contribution in [1.29, 1.82) is 0 Å². The molecule has 0 N–H and O–H groups in total. The van der Waals surface area contributed by atoms with Crippen LogP contribution in [0.25, 0.3) is 0 Å².